The summed E-state index contributed by atoms with van der Waals surface area (Å²) in [5, 5.41) is 0. The molecular formula is C21H23FN10O9P2S2. The number of anilines is 2. The molecule has 4 bridgehead atoms. The molecule has 0 unspecified atom stereocenters. The van der Waals surface area contributed by atoms with Crippen molar-refractivity contribution in [3.63, 3.8) is 0 Å². The van der Waals surface area contributed by atoms with Gasteiger partial charge in [0.2, 0.25) is 0 Å². The molecule has 8 heterocycles. The van der Waals surface area contributed by atoms with Crippen LogP contribution >= 0.6 is 38.1 Å². The standard InChI is InChI=1S/C21H23FN10O9P2S2/c22-9-8-1-36-42(33,44)41-14-13-20(32-7-30-11-16(24)26-5-28-18(11)32)39-21(14,2-35-13)3-37-43(34,45)40-12(9)19(38-8)31-6-29-10-15(23)25-4-27-17(10)31/h4-9,12-14,19-20H,1-3H2,(H,33,44)(H,34,45)(H2,23,25,27)(H2,24,26,28)/t8-,9-,12-,13-,14+,19-,20-,21-,42-,43+/m1/s1. The lowest BCUT2D eigenvalue weighted by molar-refractivity contribution is -0.182. The lowest BCUT2D eigenvalue weighted by Gasteiger charge is -2.32. The third-order valence-electron chi connectivity index (χ3n) is 7.94. The monoisotopic (exact) mass is 704 g/mol. The Kier molecular flexibility index (Phi) is 6.98. The summed E-state index contributed by atoms with van der Waals surface area (Å²) in [6.07, 6.45) is -4.12. The van der Waals surface area contributed by atoms with Gasteiger partial charge in [-0.3, -0.25) is 27.2 Å². The minimum Gasteiger partial charge on any atom is -0.382 e. The van der Waals surface area contributed by atoms with Crippen LogP contribution in [0.5, 0.6) is 0 Å². The molecule has 0 spiro atoms. The topological polar surface area (TPSA) is 238 Å². The molecule has 4 aromatic rings. The Morgan fingerprint density at radius 3 is 2.13 bits per heavy atom. The SMILES string of the molecule is Nc1ncnc2c1ncn2[C@@H]1O[C@@H]2CO[P@@](=O)(S)O[C@H]3[C@H]4OC[C@]3(CO[P@](=O)(S)O[C@@H]1[C@@H]2F)O[C@H]4n1cnc2c(N)ncnc21. The van der Waals surface area contributed by atoms with Crippen LogP contribution in [0.2, 0.25) is 0 Å². The molecule has 0 radical (unpaired) electrons. The fourth-order valence-corrected chi connectivity index (χ4v) is 8.84. The highest BCUT2D eigenvalue weighted by molar-refractivity contribution is 8.44. The van der Waals surface area contributed by atoms with Crippen LogP contribution in [0, 0.1) is 0 Å². The third-order valence-corrected chi connectivity index (χ3v) is 11.1. The number of alkyl halides is 1. The number of hydrogen-bond acceptors (Lipinski definition) is 17. The Morgan fingerprint density at radius 2 is 1.47 bits per heavy atom. The Morgan fingerprint density at radius 1 is 0.844 bits per heavy atom. The fourth-order valence-electron chi connectivity index (χ4n) is 5.87. The number of nitrogens with zero attached hydrogens (tertiary/aromatic N) is 8. The molecule has 4 aliphatic heterocycles. The summed E-state index contributed by atoms with van der Waals surface area (Å²) in [5.74, 6) is 0.218. The number of nitrogens with two attached hydrogens (primary N) is 2. The minimum atomic E-state index is -4.38. The summed E-state index contributed by atoms with van der Waals surface area (Å²) in [6.45, 7) is -9.90. The summed E-state index contributed by atoms with van der Waals surface area (Å²) in [5.41, 5.74) is 11.4. The van der Waals surface area contributed by atoms with Gasteiger partial charge in [0.25, 0.3) is 0 Å². The third kappa shape index (κ3) is 4.86. The highest BCUT2D eigenvalue weighted by Gasteiger charge is 2.66. The van der Waals surface area contributed by atoms with Crippen LogP contribution in [0.4, 0.5) is 16.0 Å². The Labute approximate surface area is 261 Å². The largest absolute Gasteiger partial charge is 0.386 e. The van der Waals surface area contributed by atoms with E-state index in [1.807, 2.05) is 0 Å². The van der Waals surface area contributed by atoms with Crippen molar-refractivity contribution in [1.82, 2.24) is 39.0 Å². The van der Waals surface area contributed by atoms with E-state index in [9.17, 15) is 9.13 Å². The molecule has 4 saturated heterocycles. The molecule has 240 valence electrons. The molecule has 4 aromatic heterocycles. The second-order valence-corrected chi connectivity index (χ2v) is 16.4. The average Bonchev–Trinajstić information content (AvgIpc) is 3.80. The summed E-state index contributed by atoms with van der Waals surface area (Å²) in [4.78, 5) is 24.7. The highest BCUT2D eigenvalue weighted by Crippen LogP contribution is 2.63. The van der Waals surface area contributed by atoms with Crippen molar-refractivity contribution in [2.45, 2.75) is 48.6 Å². The van der Waals surface area contributed by atoms with Crippen molar-refractivity contribution < 1.29 is 45.8 Å². The molecule has 4 fully saturated rings. The zero-order valence-corrected chi connectivity index (χ0v) is 26.1. The lowest BCUT2D eigenvalue weighted by Crippen LogP contribution is -2.45. The smallest absolute Gasteiger partial charge is 0.382 e. The molecule has 4 aliphatic rings. The van der Waals surface area contributed by atoms with Gasteiger partial charge in [-0.05, 0) is 0 Å². The molecule has 0 aliphatic carbocycles. The van der Waals surface area contributed by atoms with Crippen molar-refractivity contribution in [2.24, 2.45) is 0 Å². The maximum atomic E-state index is 15.9. The van der Waals surface area contributed by atoms with Gasteiger partial charge < -0.3 is 25.7 Å². The van der Waals surface area contributed by atoms with Crippen molar-refractivity contribution in [3.05, 3.63) is 25.3 Å². The van der Waals surface area contributed by atoms with Crippen molar-refractivity contribution in [2.75, 3.05) is 31.3 Å². The van der Waals surface area contributed by atoms with Crippen molar-refractivity contribution >= 4 is 72.1 Å². The summed E-state index contributed by atoms with van der Waals surface area (Å²) in [6, 6.07) is 0. The van der Waals surface area contributed by atoms with E-state index in [1.165, 1.54) is 34.4 Å². The number of halogens is 1. The van der Waals surface area contributed by atoms with Crippen LogP contribution in [-0.4, -0.2) is 95.0 Å². The molecule has 0 amide bonds. The van der Waals surface area contributed by atoms with Crippen LogP contribution in [0.1, 0.15) is 12.5 Å². The number of hydrogen-bond donors (Lipinski definition) is 4. The fraction of sp³-hybridized carbons (Fsp3) is 0.524. The molecule has 0 aromatic carbocycles. The van der Waals surface area contributed by atoms with Gasteiger partial charge in [-0.15, -0.1) is 0 Å². The number of fused-ring (bicyclic) bond motifs is 4. The summed E-state index contributed by atoms with van der Waals surface area (Å²) >= 11 is 8.28. The van der Waals surface area contributed by atoms with Gasteiger partial charge in [-0.25, -0.2) is 43.4 Å². The number of nitrogen functional groups attached to an aromatic ring is 2. The van der Waals surface area contributed by atoms with Gasteiger partial charge in [-0.1, -0.05) is 24.5 Å². The van der Waals surface area contributed by atoms with Crippen molar-refractivity contribution in [3.8, 4) is 0 Å². The van der Waals surface area contributed by atoms with Crippen LogP contribution in [0.25, 0.3) is 22.3 Å². The van der Waals surface area contributed by atoms with E-state index < -0.39 is 75.5 Å². The van der Waals surface area contributed by atoms with Gasteiger partial charge in [0.1, 0.15) is 53.7 Å². The number of ether oxygens (including phenoxy) is 3. The van der Waals surface area contributed by atoms with E-state index in [0.29, 0.717) is 11.2 Å². The molecule has 45 heavy (non-hydrogen) atoms. The molecule has 4 N–H and O–H groups in total. The number of thiol groups is 2. The van der Waals surface area contributed by atoms with Crippen LogP contribution < -0.4 is 11.5 Å². The normalized spacial score (nSPS) is 40.3. The van der Waals surface area contributed by atoms with Crippen LogP contribution in [0.3, 0.4) is 0 Å². The number of rotatable bonds is 2. The van der Waals surface area contributed by atoms with Gasteiger partial charge in [0.15, 0.2) is 41.6 Å². The maximum absolute atomic E-state index is 15.9. The number of imidazole rings is 2. The predicted molar refractivity (Wildman–Crippen MR) is 156 cm³/mol. The molecule has 8 rings (SSSR count). The van der Waals surface area contributed by atoms with E-state index in [4.69, 9.17) is 43.8 Å². The first-order chi connectivity index (χ1) is 21.5. The quantitative estimate of drug-likeness (QED) is 0.171. The molecule has 0 saturated carbocycles. The lowest BCUT2D eigenvalue weighted by atomic mass is 10.0. The predicted octanol–water partition coefficient (Wildman–Crippen LogP) is 1.63. The van der Waals surface area contributed by atoms with Gasteiger partial charge in [-0.2, -0.15) is 0 Å². The van der Waals surface area contributed by atoms with Gasteiger partial charge >= 0.3 is 13.6 Å². The van der Waals surface area contributed by atoms with E-state index in [2.05, 4.69) is 54.4 Å². The van der Waals surface area contributed by atoms with Gasteiger partial charge in [0.05, 0.1) is 32.5 Å². The van der Waals surface area contributed by atoms with E-state index >= 15 is 4.39 Å². The average molecular weight is 705 g/mol. The minimum absolute atomic E-state index is 0.0739. The zero-order chi connectivity index (χ0) is 31.3. The molecule has 24 heteroatoms. The highest BCUT2D eigenvalue weighted by atomic mass is 32.7. The van der Waals surface area contributed by atoms with E-state index in [-0.39, 0.29) is 29.4 Å². The number of aromatic nitrogens is 8. The Hall–Kier alpha value is -2.49. The summed E-state index contributed by atoms with van der Waals surface area (Å²) in [7, 11) is 0. The summed E-state index contributed by atoms with van der Waals surface area (Å²) < 4.78 is 87.1. The van der Waals surface area contributed by atoms with Crippen LogP contribution in [-0.2, 0) is 41.4 Å². The second kappa shape index (κ2) is 10.5. The first-order valence-corrected chi connectivity index (χ1v) is 18.6. The Balaban J connectivity index is 1.14. The van der Waals surface area contributed by atoms with E-state index in [1.54, 1.807) is 0 Å². The second-order valence-electron chi connectivity index (χ2n) is 10.6. The maximum Gasteiger partial charge on any atom is 0.386 e. The molecule has 10 atom stereocenters. The van der Waals surface area contributed by atoms with E-state index in [0.717, 1.165) is 0 Å². The Bertz CT molecular complexity index is 1920. The molecular weight excluding hydrogens is 681 g/mol. The zero-order valence-electron chi connectivity index (χ0n) is 22.5. The van der Waals surface area contributed by atoms with Crippen LogP contribution in [0.15, 0.2) is 25.3 Å². The van der Waals surface area contributed by atoms with Crippen molar-refractivity contribution in [1.29, 1.82) is 0 Å². The first-order valence-electron chi connectivity index (χ1n) is 13.2. The molecule has 19 nitrogen and oxygen atoms in total. The first kappa shape index (κ1) is 29.9. The van der Waals surface area contributed by atoms with Gasteiger partial charge in [0, 0.05) is 0 Å².